The molecular weight excluding hydrogens is 289 g/mol. The zero-order valence-corrected chi connectivity index (χ0v) is 12.5. The molecule has 3 aliphatic heterocycles. The molecule has 0 aliphatic carbocycles. The number of fused-ring (bicyclic) bond motifs is 3. The molecule has 2 N–H and O–H groups in total. The smallest absolute Gasteiger partial charge is 0.260 e. The van der Waals surface area contributed by atoms with Crippen molar-refractivity contribution < 1.29 is 9.18 Å². The van der Waals surface area contributed by atoms with Crippen molar-refractivity contribution in [1.82, 2.24) is 15.5 Å². The summed E-state index contributed by atoms with van der Waals surface area (Å²) in [5, 5.41) is 6.05. The maximum absolute atomic E-state index is 13.5. The van der Waals surface area contributed by atoms with E-state index in [0.29, 0.717) is 5.92 Å². The predicted octanol–water partition coefficient (Wildman–Crippen LogP) is 1.52. The maximum Gasteiger partial charge on any atom is 0.260 e. The van der Waals surface area contributed by atoms with Crippen LogP contribution >= 0.6 is 12.2 Å². The van der Waals surface area contributed by atoms with Crippen LogP contribution in [0.1, 0.15) is 23.2 Å². The van der Waals surface area contributed by atoms with Gasteiger partial charge in [-0.15, -0.1) is 0 Å². The standard InChI is InChI=1S/C15H18FN3OS/c16-12-4-2-1-3-11(12)14(20)18-15(21)17-13-9-19-7-5-10(13)6-8-19/h1-4,10,13H,5-9H2,(H2,17,18,20,21). The number of thiocarbonyl (C=S) groups is 1. The lowest BCUT2D eigenvalue weighted by Crippen LogP contribution is -2.59. The van der Waals surface area contributed by atoms with Gasteiger partial charge in [0.15, 0.2) is 5.11 Å². The van der Waals surface area contributed by atoms with Gasteiger partial charge in [0.1, 0.15) is 5.82 Å². The minimum atomic E-state index is -0.541. The quantitative estimate of drug-likeness (QED) is 0.813. The molecule has 0 aromatic heterocycles. The second-order valence-electron chi connectivity index (χ2n) is 5.65. The minimum Gasteiger partial charge on any atom is -0.358 e. The van der Waals surface area contributed by atoms with Crippen LogP contribution < -0.4 is 10.6 Å². The Bertz CT molecular complexity index is 558. The third-order valence-corrected chi connectivity index (χ3v) is 4.54. The number of nitrogens with zero attached hydrogens (tertiary/aromatic N) is 1. The van der Waals surface area contributed by atoms with E-state index >= 15 is 0 Å². The number of halogens is 1. The van der Waals surface area contributed by atoms with Gasteiger partial charge in [0.25, 0.3) is 5.91 Å². The summed E-state index contributed by atoms with van der Waals surface area (Å²) < 4.78 is 13.5. The van der Waals surface area contributed by atoms with Gasteiger partial charge in [0, 0.05) is 12.6 Å². The maximum atomic E-state index is 13.5. The van der Waals surface area contributed by atoms with Gasteiger partial charge in [-0.2, -0.15) is 0 Å². The van der Waals surface area contributed by atoms with E-state index < -0.39 is 11.7 Å². The highest BCUT2D eigenvalue weighted by atomic mass is 32.1. The Kier molecular flexibility index (Phi) is 4.17. The first kappa shape index (κ1) is 14.4. The molecule has 2 bridgehead atoms. The molecule has 0 radical (unpaired) electrons. The van der Waals surface area contributed by atoms with E-state index in [1.54, 1.807) is 12.1 Å². The van der Waals surface area contributed by atoms with Crippen LogP contribution in [0.5, 0.6) is 0 Å². The highest BCUT2D eigenvalue weighted by Gasteiger charge is 2.34. The third-order valence-electron chi connectivity index (χ3n) is 4.32. The highest BCUT2D eigenvalue weighted by Crippen LogP contribution is 2.27. The molecule has 3 saturated heterocycles. The number of amides is 1. The van der Waals surface area contributed by atoms with Crippen molar-refractivity contribution in [3.8, 4) is 0 Å². The van der Waals surface area contributed by atoms with Crippen LogP contribution in [-0.2, 0) is 0 Å². The van der Waals surface area contributed by atoms with Crippen LogP contribution in [0.2, 0.25) is 0 Å². The number of piperidine rings is 3. The van der Waals surface area contributed by atoms with E-state index in [1.165, 1.54) is 25.0 Å². The molecule has 1 aromatic carbocycles. The van der Waals surface area contributed by atoms with E-state index in [9.17, 15) is 9.18 Å². The number of carbonyl (C=O) groups excluding carboxylic acids is 1. The Balaban J connectivity index is 1.57. The summed E-state index contributed by atoms with van der Waals surface area (Å²) in [5.74, 6) is -0.439. The molecule has 0 saturated carbocycles. The zero-order valence-electron chi connectivity index (χ0n) is 11.6. The molecule has 21 heavy (non-hydrogen) atoms. The number of hydrogen-bond acceptors (Lipinski definition) is 3. The van der Waals surface area contributed by atoms with Crippen LogP contribution in [0.4, 0.5) is 4.39 Å². The number of nitrogens with one attached hydrogen (secondary N) is 2. The van der Waals surface area contributed by atoms with Gasteiger partial charge >= 0.3 is 0 Å². The molecule has 112 valence electrons. The summed E-state index contributed by atoms with van der Waals surface area (Å²) >= 11 is 5.19. The van der Waals surface area contributed by atoms with Gasteiger partial charge in [-0.1, -0.05) is 12.1 Å². The molecule has 1 aromatic rings. The lowest BCUT2D eigenvalue weighted by atomic mass is 9.84. The van der Waals surface area contributed by atoms with Gasteiger partial charge in [-0.05, 0) is 56.2 Å². The van der Waals surface area contributed by atoms with Crippen molar-refractivity contribution in [1.29, 1.82) is 0 Å². The Morgan fingerprint density at radius 2 is 2.00 bits per heavy atom. The SMILES string of the molecule is O=C(NC(=S)NC1CN2CCC1CC2)c1ccccc1F. The number of benzene rings is 1. The molecule has 4 nitrogen and oxygen atoms in total. The summed E-state index contributed by atoms with van der Waals surface area (Å²) in [6.07, 6.45) is 2.34. The zero-order chi connectivity index (χ0) is 14.8. The van der Waals surface area contributed by atoms with Crippen LogP contribution in [0, 0.1) is 11.7 Å². The number of carbonyl (C=O) groups is 1. The van der Waals surface area contributed by atoms with Crippen molar-refractivity contribution in [3.05, 3.63) is 35.6 Å². The van der Waals surface area contributed by atoms with Crippen molar-refractivity contribution in [2.45, 2.75) is 18.9 Å². The fraction of sp³-hybridized carbons (Fsp3) is 0.467. The topological polar surface area (TPSA) is 44.4 Å². The lowest BCUT2D eigenvalue weighted by molar-refractivity contribution is 0.0807. The first-order chi connectivity index (χ1) is 10.1. The van der Waals surface area contributed by atoms with Gasteiger partial charge in [0.05, 0.1) is 5.56 Å². The van der Waals surface area contributed by atoms with Crippen molar-refractivity contribution >= 4 is 23.2 Å². The van der Waals surface area contributed by atoms with Crippen molar-refractivity contribution in [3.63, 3.8) is 0 Å². The summed E-state index contributed by atoms with van der Waals surface area (Å²) in [7, 11) is 0. The van der Waals surface area contributed by atoms with E-state index in [4.69, 9.17) is 12.2 Å². The molecule has 4 rings (SSSR count). The first-order valence-electron chi connectivity index (χ1n) is 7.22. The highest BCUT2D eigenvalue weighted by molar-refractivity contribution is 7.80. The molecule has 1 atom stereocenters. The van der Waals surface area contributed by atoms with Crippen LogP contribution in [-0.4, -0.2) is 41.6 Å². The summed E-state index contributed by atoms with van der Waals surface area (Å²) in [5.41, 5.74) is 0.00978. The second-order valence-corrected chi connectivity index (χ2v) is 6.06. The Morgan fingerprint density at radius 3 is 2.62 bits per heavy atom. The van der Waals surface area contributed by atoms with E-state index in [1.807, 2.05) is 0 Å². The van der Waals surface area contributed by atoms with E-state index in [-0.39, 0.29) is 16.7 Å². The van der Waals surface area contributed by atoms with Crippen molar-refractivity contribution in [2.75, 3.05) is 19.6 Å². The average molecular weight is 307 g/mol. The summed E-state index contributed by atoms with van der Waals surface area (Å²) in [6.45, 7) is 3.26. The predicted molar refractivity (Wildman–Crippen MR) is 82.6 cm³/mol. The number of hydrogen-bond donors (Lipinski definition) is 2. The molecule has 1 amide bonds. The fourth-order valence-electron chi connectivity index (χ4n) is 3.15. The second kappa shape index (κ2) is 6.07. The largest absolute Gasteiger partial charge is 0.358 e. The molecule has 1 unspecified atom stereocenters. The van der Waals surface area contributed by atoms with Crippen molar-refractivity contribution in [2.24, 2.45) is 5.92 Å². The molecule has 3 fully saturated rings. The Morgan fingerprint density at radius 1 is 1.29 bits per heavy atom. The third kappa shape index (κ3) is 3.22. The lowest BCUT2D eigenvalue weighted by Gasteiger charge is -2.45. The van der Waals surface area contributed by atoms with Crippen LogP contribution in [0.15, 0.2) is 24.3 Å². The molecular formula is C15H18FN3OS. The van der Waals surface area contributed by atoms with Gasteiger partial charge < -0.3 is 10.2 Å². The number of rotatable bonds is 2. The molecule has 6 heteroatoms. The molecule has 0 spiro atoms. The first-order valence-corrected chi connectivity index (χ1v) is 7.63. The summed E-state index contributed by atoms with van der Waals surface area (Å²) in [6, 6.07) is 6.17. The van der Waals surface area contributed by atoms with Gasteiger partial charge in [0.2, 0.25) is 0 Å². The average Bonchev–Trinajstić information content (AvgIpc) is 2.48. The Hall–Kier alpha value is -1.53. The van der Waals surface area contributed by atoms with Crippen LogP contribution in [0.3, 0.4) is 0 Å². The van der Waals surface area contributed by atoms with E-state index in [2.05, 4.69) is 15.5 Å². The van der Waals surface area contributed by atoms with Gasteiger partial charge in [-0.3, -0.25) is 10.1 Å². The minimum absolute atomic E-state index is 0.00978. The van der Waals surface area contributed by atoms with Gasteiger partial charge in [-0.25, -0.2) is 4.39 Å². The Labute approximate surface area is 128 Å². The van der Waals surface area contributed by atoms with E-state index in [0.717, 1.165) is 19.6 Å². The monoisotopic (exact) mass is 307 g/mol. The fourth-order valence-corrected chi connectivity index (χ4v) is 3.39. The summed E-state index contributed by atoms with van der Waals surface area (Å²) in [4.78, 5) is 14.4. The molecule has 3 heterocycles. The molecule has 3 aliphatic rings. The normalized spacial score (nSPS) is 27.2. The van der Waals surface area contributed by atoms with Crippen LogP contribution in [0.25, 0.3) is 0 Å².